The molecule has 0 spiro atoms. The van der Waals surface area contributed by atoms with E-state index in [-0.39, 0.29) is 23.1 Å². The zero-order chi connectivity index (χ0) is 32.3. The van der Waals surface area contributed by atoms with Gasteiger partial charge >= 0.3 is 23.9 Å². The number of ether oxygens (including phenoxy) is 6. The summed E-state index contributed by atoms with van der Waals surface area (Å²) in [4.78, 5) is 52.8. The van der Waals surface area contributed by atoms with Crippen molar-refractivity contribution in [2.45, 2.75) is 37.1 Å². The molecule has 10 heteroatoms. The normalized spacial score (nSPS) is 20.8. The van der Waals surface area contributed by atoms with E-state index in [9.17, 15) is 19.2 Å². The first-order valence-electron chi connectivity index (χ1n) is 14.6. The van der Waals surface area contributed by atoms with E-state index >= 15 is 0 Å². The van der Waals surface area contributed by atoms with Crippen molar-refractivity contribution in [3.05, 3.63) is 144 Å². The lowest BCUT2D eigenvalue weighted by Gasteiger charge is -2.30. The lowest BCUT2D eigenvalue weighted by molar-refractivity contribution is -0.214. The second-order valence-corrected chi connectivity index (χ2v) is 10.3. The van der Waals surface area contributed by atoms with Crippen LogP contribution in [-0.2, 0) is 28.4 Å². The van der Waals surface area contributed by atoms with Crippen LogP contribution in [0.4, 0.5) is 0 Å². The number of rotatable bonds is 10. The fourth-order valence-electron chi connectivity index (χ4n) is 4.90. The fraction of sp³-hybridized carbons (Fsp3) is 0.222. The summed E-state index contributed by atoms with van der Waals surface area (Å²) in [6.45, 7) is -0.418. The molecule has 10 nitrogen and oxygen atoms in total. The van der Waals surface area contributed by atoms with Gasteiger partial charge in [0.15, 0.2) is 18.5 Å². The van der Waals surface area contributed by atoms with Crippen molar-refractivity contribution in [1.82, 2.24) is 0 Å². The molecule has 0 amide bonds. The zero-order valence-electron chi connectivity index (χ0n) is 24.9. The van der Waals surface area contributed by atoms with E-state index in [1.807, 2.05) is 0 Å². The standard InChI is InChI=1S/C36H32O10/c1-41-36-29(44-34(39)26-18-10-4-11-19-26)22-28(43-33(38)25-16-8-3-9-17-25)31(46-35(40)27-20-12-5-13-21-27)30(45-36)23-42-32(37)24-14-6-2-7-15-24/h2-21,28-31,36H,22-23H2,1H3/t28-,29-,30?,31+,36-/m1/s1. The van der Waals surface area contributed by atoms with Gasteiger partial charge in [-0.3, -0.25) is 0 Å². The Bertz CT molecular complexity index is 1600. The fourth-order valence-corrected chi connectivity index (χ4v) is 4.90. The van der Waals surface area contributed by atoms with Gasteiger partial charge in [0.25, 0.3) is 0 Å². The number of carbonyl (C=O) groups excluding carboxylic acids is 4. The lowest BCUT2D eigenvalue weighted by atomic mass is 10.0. The van der Waals surface area contributed by atoms with Crippen LogP contribution in [0.5, 0.6) is 0 Å². The predicted octanol–water partition coefficient (Wildman–Crippen LogP) is 5.28. The van der Waals surface area contributed by atoms with Crippen LogP contribution in [0.2, 0.25) is 0 Å². The summed E-state index contributed by atoms with van der Waals surface area (Å²) in [5, 5.41) is 0. The smallest absolute Gasteiger partial charge is 0.338 e. The Morgan fingerprint density at radius 3 is 1.39 bits per heavy atom. The molecular weight excluding hydrogens is 592 g/mol. The minimum absolute atomic E-state index is 0.175. The van der Waals surface area contributed by atoms with Gasteiger partial charge < -0.3 is 28.4 Å². The number of esters is 4. The molecule has 0 bridgehead atoms. The van der Waals surface area contributed by atoms with E-state index in [1.165, 1.54) is 7.11 Å². The molecule has 0 N–H and O–H groups in total. The van der Waals surface area contributed by atoms with E-state index in [0.29, 0.717) is 5.56 Å². The van der Waals surface area contributed by atoms with E-state index in [1.54, 1.807) is 121 Å². The van der Waals surface area contributed by atoms with Crippen molar-refractivity contribution >= 4 is 23.9 Å². The third kappa shape index (κ3) is 8.23. The number of hydrogen-bond acceptors (Lipinski definition) is 10. The highest BCUT2D eigenvalue weighted by Crippen LogP contribution is 2.30. The third-order valence-corrected chi connectivity index (χ3v) is 7.22. The van der Waals surface area contributed by atoms with Crippen LogP contribution < -0.4 is 0 Å². The molecule has 0 aromatic heterocycles. The Labute approximate surface area is 265 Å². The van der Waals surface area contributed by atoms with Gasteiger partial charge in [-0.05, 0) is 48.5 Å². The van der Waals surface area contributed by atoms with Crippen LogP contribution in [0.25, 0.3) is 0 Å². The van der Waals surface area contributed by atoms with E-state index in [2.05, 4.69) is 0 Å². The Morgan fingerprint density at radius 2 is 0.957 bits per heavy atom. The van der Waals surface area contributed by atoms with E-state index in [0.717, 1.165) is 0 Å². The average molecular weight is 625 g/mol. The summed E-state index contributed by atoms with van der Waals surface area (Å²) in [5.74, 6) is -2.77. The minimum Gasteiger partial charge on any atom is -0.459 e. The summed E-state index contributed by atoms with van der Waals surface area (Å²) >= 11 is 0. The zero-order valence-corrected chi connectivity index (χ0v) is 24.9. The molecule has 5 atom stereocenters. The third-order valence-electron chi connectivity index (χ3n) is 7.22. The Hall–Kier alpha value is -5.32. The van der Waals surface area contributed by atoms with Crippen LogP contribution in [0.1, 0.15) is 47.9 Å². The summed E-state index contributed by atoms with van der Waals surface area (Å²) in [7, 11) is 1.35. The molecule has 1 saturated heterocycles. The monoisotopic (exact) mass is 624 g/mol. The molecule has 236 valence electrons. The second kappa shape index (κ2) is 15.6. The van der Waals surface area contributed by atoms with Crippen LogP contribution in [-0.4, -0.2) is 68.3 Å². The van der Waals surface area contributed by atoms with Crippen molar-refractivity contribution in [3.8, 4) is 0 Å². The summed E-state index contributed by atoms with van der Waals surface area (Å²) in [6, 6.07) is 33.1. The molecule has 1 unspecified atom stereocenters. The number of benzene rings is 4. The predicted molar refractivity (Wildman–Crippen MR) is 164 cm³/mol. The first-order chi connectivity index (χ1) is 22.4. The van der Waals surface area contributed by atoms with E-state index < -0.39 is 61.2 Å². The largest absolute Gasteiger partial charge is 0.459 e. The molecule has 1 aliphatic rings. The first kappa shape index (κ1) is 32.1. The van der Waals surface area contributed by atoms with Crippen LogP contribution in [0.3, 0.4) is 0 Å². The maximum absolute atomic E-state index is 13.4. The van der Waals surface area contributed by atoms with Gasteiger partial charge in [-0.2, -0.15) is 0 Å². The highest BCUT2D eigenvalue weighted by molar-refractivity contribution is 5.91. The van der Waals surface area contributed by atoms with Gasteiger partial charge in [0.05, 0.1) is 22.3 Å². The van der Waals surface area contributed by atoms with Crippen molar-refractivity contribution in [2.75, 3.05) is 13.7 Å². The molecule has 0 radical (unpaired) electrons. The maximum Gasteiger partial charge on any atom is 0.338 e. The SMILES string of the molecule is CO[C@@H]1OC(COC(=O)c2ccccc2)[C@@H](OC(=O)c2ccccc2)[C@H](OC(=O)c2ccccc2)C[C@H]1OC(=O)c1ccccc1. The Balaban J connectivity index is 1.49. The number of hydrogen-bond donors (Lipinski definition) is 0. The quantitative estimate of drug-likeness (QED) is 0.170. The molecular formula is C36H32O10. The summed E-state index contributed by atoms with van der Waals surface area (Å²) in [6.07, 6.45) is -6.27. The van der Waals surface area contributed by atoms with Gasteiger partial charge in [0, 0.05) is 13.5 Å². The maximum atomic E-state index is 13.4. The molecule has 1 fully saturated rings. The molecule has 4 aromatic rings. The van der Waals surface area contributed by atoms with Crippen molar-refractivity contribution in [1.29, 1.82) is 0 Å². The van der Waals surface area contributed by atoms with Crippen LogP contribution in [0.15, 0.2) is 121 Å². The van der Waals surface area contributed by atoms with Crippen LogP contribution in [0, 0.1) is 0 Å². The van der Waals surface area contributed by atoms with E-state index in [4.69, 9.17) is 28.4 Å². The van der Waals surface area contributed by atoms with Crippen LogP contribution >= 0.6 is 0 Å². The van der Waals surface area contributed by atoms with Gasteiger partial charge in [-0.1, -0.05) is 72.8 Å². The number of carbonyl (C=O) groups is 4. The first-order valence-corrected chi connectivity index (χ1v) is 14.6. The highest BCUT2D eigenvalue weighted by Gasteiger charge is 2.47. The molecule has 46 heavy (non-hydrogen) atoms. The van der Waals surface area contributed by atoms with Gasteiger partial charge in [0.1, 0.15) is 18.8 Å². The molecule has 1 aliphatic heterocycles. The highest BCUT2D eigenvalue weighted by atomic mass is 16.7. The van der Waals surface area contributed by atoms with Gasteiger partial charge in [0.2, 0.25) is 0 Å². The Morgan fingerprint density at radius 1 is 0.565 bits per heavy atom. The molecule has 0 saturated carbocycles. The van der Waals surface area contributed by atoms with Gasteiger partial charge in [-0.25, -0.2) is 19.2 Å². The Kier molecular flexibility index (Phi) is 10.9. The molecule has 0 aliphatic carbocycles. The molecule has 1 heterocycles. The second-order valence-electron chi connectivity index (χ2n) is 10.3. The lowest BCUT2D eigenvalue weighted by Crippen LogP contribution is -2.46. The average Bonchev–Trinajstić information content (AvgIpc) is 3.24. The van der Waals surface area contributed by atoms with Gasteiger partial charge in [-0.15, -0.1) is 0 Å². The summed E-state index contributed by atoms with van der Waals surface area (Å²) in [5.41, 5.74) is 1.04. The molecule has 4 aromatic carbocycles. The summed E-state index contributed by atoms with van der Waals surface area (Å²) < 4.78 is 35.2. The van der Waals surface area contributed by atoms with Crippen molar-refractivity contribution < 1.29 is 47.6 Å². The van der Waals surface area contributed by atoms with Crippen molar-refractivity contribution in [2.24, 2.45) is 0 Å². The number of methoxy groups -OCH3 is 1. The van der Waals surface area contributed by atoms with Crippen molar-refractivity contribution in [3.63, 3.8) is 0 Å². The molecule has 5 rings (SSSR count). The minimum atomic E-state index is -1.32. The topological polar surface area (TPSA) is 124 Å².